The van der Waals surface area contributed by atoms with Crippen molar-refractivity contribution in [2.24, 2.45) is 0 Å². The summed E-state index contributed by atoms with van der Waals surface area (Å²) in [5, 5.41) is 6.11. The monoisotopic (exact) mass is 312 g/mol. The molecule has 0 bridgehead atoms. The molecule has 1 aromatic rings. The molecule has 2 N–H and O–H groups in total. The lowest BCUT2D eigenvalue weighted by Gasteiger charge is -2.12. The summed E-state index contributed by atoms with van der Waals surface area (Å²) in [6.07, 6.45) is 0.806. The van der Waals surface area contributed by atoms with Crippen LogP contribution in [-0.2, 0) is 9.47 Å². The lowest BCUT2D eigenvalue weighted by molar-refractivity contribution is 0.0527. The molecule has 6 nitrogen and oxygen atoms in total. The molecule has 1 saturated heterocycles. The van der Waals surface area contributed by atoms with Crippen LogP contribution in [0.5, 0.6) is 0 Å². The lowest BCUT2D eigenvalue weighted by atomic mass is 10.1. The van der Waals surface area contributed by atoms with Crippen molar-refractivity contribution in [1.82, 2.24) is 5.32 Å². The van der Waals surface area contributed by atoms with Crippen LogP contribution in [0.3, 0.4) is 0 Å². The van der Waals surface area contributed by atoms with Crippen LogP contribution in [-0.4, -0.2) is 37.9 Å². The van der Waals surface area contributed by atoms with Crippen LogP contribution < -0.4 is 10.6 Å². The average molecular weight is 312 g/mol. The molecular formula is C14H20N2O4S. The summed E-state index contributed by atoms with van der Waals surface area (Å²) >= 11 is 1.38. The van der Waals surface area contributed by atoms with Crippen LogP contribution in [0.25, 0.3) is 0 Å². The van der Waals surface area contributed by atoms with Gasteiger partial charge in [-0.05, 0) is 32.8 Å². The van der Waals surface area contributed by atoms with Crippen molar-refractivity contribution in [3.8, 4) is 0 Å². The van der Waals surface area contributed by atoms with Gasteiger partial charge < -0.3 is 14.8 Å². The number of carbonyl (C=O) groups is 2. The Labute approximate surface area is 127 Å². The van der Waals surface area contributed by atoms with E-state index in [1.807, 2.05) is 13.8 Å². The quantitative estimate of drug-likeness (QED) is 0.837. The largest absolute Gasteiger partial charge is 0.462 e. The minimum absolute atomic E-state index is 0.0261. The summed E-state index contributed by atoms with van der Waals surface area (Å²) < 4.78 is 10.3. The van der Waals surface area contributed by atoms with Crippen LogP contribution in [0.15, 0.2) is 0 Å². The normalized spacial score (nSPS) is 17.6. The topological polar surface area (TPSA) is 76.7 Å². The minimum atomic E-state index is -0.404. The molecule has 1 aromatic heterocycles. The lowest BCUT2D eigenvalue weighted by Crippen LogP contribution is -2.38. The zero-order valence-corrected chi connectivity index (χ0v) is 13.3. The molecule has 2 amide bonds. The number of ether oxygens (including phenoxy) is 2. The summed E-state index contributed by atoms with van der Waals surface area (Å²) in [7, 11) is 0. The number of hydrogen-bond acceptors (Lipinski definition) is 5. The Hall–Kier alpha value is -1.60. The van der Waals surface area contributed by atoms with E-state index in [4.69, 9.17) is 9.47 Å². The van der Waals surface area contributed by atoms with E-state index in [0.29, 0.717) is 30.4 Å². The molecule has 116 valence electrons. The third-order valence-electron chi connectivity index (χ3n) is 3.36. The third-order valence-corrected chi connectivity index (χ3v) is 4.48. The van der Waals surface area contributed by atoms with Crippen LogP contribution in [0.1, 0.15) is 34.1 Å². The van der Waals surface area contributed by atoms with E-state index in [9.17, 15) is 9.59 Å². The molecule has 2 rings (SSSR count). The Kier molecular flexibility index (Phi) is 5.19. The number of aryl methyl sites for hydroxylation is 1. The predicted molar refractivity (Wildman–Crippen MR) is 81.1 cm³/mol. The first-order valence-electron chi connectivity index (χ1n) is 6.95. The van der Waals surface area contributed by atoms with Crippen molar-refractivity contribution >= 4 is 28.3 Å². The third kappa shape index (κ3) is 3.74. The van der Waals surface area contributed by atoms with Gasteiger partial charge in [0.05, 0.1) is 24.8 Å². The van der Waals surface area contributed by atoms with Crippen molar-refractivity contribution in [2.45, 2.75) is 33.2 Å². The summed E-state index contributed by atoms with van der Waals surface area (Å²) in [6, 6.07) is -0.296. The number of amides is 2. The maximum absolute atomic E-state index is 12.0. The molecule has 0 radical (unpaired) electrons. The molecule has 0 aliphatic carbocycles. The number of rotatable bonds is 4. The number of hydrogen-bond donors (Lipinski definition) is 2. The van der Waals surface area contributed by atoms with Gasteiger partial charge in [-0.3, -0.25) is 5.32 Å². The van der Waals surface area contributed by atoms with Crippen molar-refractivity contribution in [3.05, 3.63) is 16.0 Å². The first kappa shape index (κ1) is 15.8. The Morgan fingerprint density at radius 1 is 1.43 bits per heavy atom. The molecule has 7 heteroatoms. The van der Waals surface area contributed by atoms with E-state index in [1.54, 1.807) is 6.92 Å². The first-order chi connectivity index (χ1) is 10.0. The molecule has 1 atom stereocenters. The zero-order valence-electron chi connectivity index (χ0n) is 12.4. The van der Waals surface area contributed by atoms with E-state index in [2.05, 4.69) is 10.6 Å². The molecule has 1 unspecified atom stereocenters. The second-order valence-corrected chi connectivity index (χ2v) is 6.09. The van der Waals surface area contributed by atoms with Crippen LogP contribution in [0, 0.1) is 13.8 Å². The SMILES string of the molecule is CCOC(=O)c1c(NC(=O)NC2CCOC2)sc(C)c1C. The highest BCUT2D eigenvalue weighted by Gasteiger charge is 2.23. The molecular weight excluding hydrogens is 292 g/mol. The van der Waals surface area contributed by atoms with Gasteiger partial charge in [-0.15, -0.1) is 11.3 Å². The molecule has 0 saturated carbocycles. The number of nitrogens with one attached hydrogen (secondary N) is 2. The molecule has 1 aliphatic rings. The molecule has 1 fully saturated rings. The fraction of sp³-hybridized carbons (Fsp3) is 0.571. The summed E-state index contributed by atoms with van der Waals surface area (Å²) in [4.78, 5) is 25.0. The van der Waals surface area contributed by atoms with Gasteiger partial charge >= 0.3 is 12.0 Å². The highest BCUT2D eigenvalue weighted by Crippen LogP contribution is 2.33. The van der Waals surface area contributed by atoms with Gasteiger partial charge in [-0.2, -0.15) is 0 Å². The van der Waals surface area contributed by atoms with Crippen LogP contribution in [0.2, 0.25) is 0 Å². The fourth-order valence-corrected chi connectivity index (χ4v) is 3.18. The Morgan fingerprint density at radius 2 is 2.19 bits per heavy atom. The highest BCUT2D eigenvalue weighted by molar-refractivity contribution is 7.16. The maximum atomic E-state index is 12.0. The summed E-state index contributed by atoms with van der Waals surface area (Å²) in [5.74, 6) is -0.404. The van der Waals surface area contributed by atoms with Gasteiger partial charge in [0.15, 0.2) is 0 Å². The standard InChI is InChI=1S/C14H20N2O4S/c1-4-20-13(17)11-8(2)9(3)21-12(11)16-14(18)15-10-5-6-19-7-10/h10H,4-7H2,1-3H3,(H2,15,16,18). The number of thiophene rings is 1. The number of anilines is 1. The van der Waals surface area contributed by atoms with E-state index >= 15 is 0 Å². The van der Waals surface area contributed by atoms with Crippen molar-refractivity contribution in [1.29, 1.82) is 0 Å². The maximum Gasteiger partial charge on any atom is 0.341 e. The first-order valence-corrected chi connectivity index (χ1v) is 7.77. The predicted octanol–water partition coefficient (Wildman–Crippen LogP) is 2.45. The smallest absolute Gasteiger partial charge is 0.341 e. The van der Waals surface area contributed by atoms with Gasteiger partial charge in [-0.25, -0.2) is 9.59 Å². The number of carbonyl (C=O) groups excluding carboxylic acids is 2. The zero-order chi connectivity index (χ0) is 15.4. The van der Waals surface area contributed by atoms with Crippen molar-refractivity contribution < 1.29 is 19.1 Å². The van der Waals surface area contributed by atoms with Crippen molar-refractivity contribution in [3.63, 3.8) is 0 Å². The van der Waals surface area contributed by atoms with Gasteiger partial charge in [0.25, 0.3) is 0 Å². The average Bonchev–Trinajstić information content (AvgIpc) is 2.99. The van der Waals surface area contributed by atoms with Gasteiger partial charge in [0.2, 0.25) is 0 Å². The van der Waals surface area contributed by atoms with Crippen LogP contribution >= 0.6 is 11.3 Å². The Bertz CT molecular complexity index is 535. The number of urea groups is 1. The Balaban J connectivity index is 2.09. The van der Waals surface area contributed by atoms with E-state index in [-0.39, 0.29) is 12.1 Å². The Morgan fingerprint density at radius 3 is 2.81 bits per heavy atom. The molecule has 0 aromatic carbocycles. The number of esters is 1. The second kappa shape index (κ2) is 6.91. The second-order valence-electron chi connectivity index (χ2n) is 4.87. The van der Waals surface area contributed by atoms with Gasteiger partial charge in [-0.1, -0.05) is 0 Å². The minimum Gasteiger partial charge on any atom is -0.462 e. The van der Waals surface area contributed by atoms with E-state index in [1.165, 1.54) is 11.3 Å². The van der Waals surface area contributed by atoms with Crippen LogP contribution in [0.4, 0.5) is 9.80 Å². The van der Waals surface area contributed by atoms with Gasteiger partial charge in [0, 0.05) is 11.5 Å². The molecule has 0 spiro atoms. The van der Waals surface area contributed by atoms with E-state index in [0.717, 1.165) is 16.9 Å². The highest BCUT2D eigenvalue weighted by atomic mass is 32.1. The molecule has 1 aliphatic heterocycles. The van der Waals surface area contributed by atoms with Crippen molar-refractivity contribution in [2.75, 3.05) is 25.1 Å². The van der Waals surface area contributed by atoms with E-state index < -0.39 is 5.97 Å². The summed E-state index contributed by atoms with van der Waals surface area (Å²) in [6.45, 7) is 7.02. The molecule has 2 heterocycles. The fourth-order valence-electron chi connectivity index (χ4n) is 2.14. The molecule has 21 heavy (non-hydrogen) atoms. The van der Waals surface area contributed by atoms with Gasteiger partial charge in [0.1, 0.15) is 5.00 Å². The summed E-state index contributed by atoms with van der Waals surface area (Å²) in [5.41, 5.74) is 1.29.